The van der Waals surface area contributed by atoms with Crippen LogP contribution >= 0.6 is 27.5 Å². The van der Waals surface area contributed by atoms with Crippen LogP contribution in [-0.4, -0.2) is 9.36 Å². The smallest absolute Gasteiger partial charge is 0.139 e. The molecule has 1 aromatic carbocycles. The topological polar surface area (TPSA) is 25.8 Å². The normalized spacial score (nSPS) is 12.7. The zero-order valence-corrected chi connectivity index (χ0v) is 10.8. The van der Waals surface area contributed by atoms with Crippen LogP contribution in [0.1, 0.15) is 21.2 Å². The monoisotopic (exact) mass is 282 g/mol. The standard InChI is InChI=1S/C11H11BrN2S/c1-8-13-11(15-14-8)7-10(12)9-5-3-2-4-6-9/h2-6,10H,7H2,1H3. The fourth-order valence-electron chi connectivity index (χ4n) is 1.36. The average Bonchev–Trinajstić information content (AvgIpc) is 2.65. The second kappa shape index (κ2) is 4.86. The van der Waals surface area contributed by atoms with Gasteiger partial charge in [0.1, 0.15) is 10.8 Å². The zero-order chi connectivity index (χ0) is 10.7. The minimum Gasteiger partial charge on any atom is -0.225 e. The van der Waals surface area contributed by atoms with Gasteiger partial charge in [-0.15, -0.1) is 0 Å². The number of hydrogen-bond donors (Lipinski definition) is 0. The Hall–Kier alpha value is -0.740. The molecule has 0 N–H and O–H groups in total. The maximum atomic E-state index is 4.35. The highest BCUT2D eigenvalue weighted by Gasteiger charge is 2.10. The lowest BCUT2D eigenvalue weighted by molar-refractivity contribution is 0.923. The van der Waals surface area contributed by atoms with Crippen molar-refractivity contribution in [2.75, 3.05) is 0 Å². The maximum absolute atomic E-state index is 4.35. The van der Waals surface area contributed by atoms with Crippen LogP contribution in [0, 0.1) is 6.92 Å². The summed E-state index contributed by atoms with van der Waals surface area (Å²) in [4.78, 5) is 4.68. The second-order valence-electron chi connectivity index (χ2n) is 3.32. The highest BCUT2D eigenvalue weighted by molar-refractivity contribution is 9.09. The van der Waals surface area contributed by atoms with Gasteiger partial charge in [-0.25, -0.2) is 4.98 Å². The van der Waals surface area contributed by atoms with Gasteiger partial charge in [0.15, 0.2) is 0 Å². The van der Waals surface area contributed by atoms with Gasteiger partial charge < -0.3 is 0 Å². The highest BCUT2D eigenvalue weighted by atomic mass is 79.9. The lowest BCUT2D eigenvalue weighted by Gasteiger charge is -2.06. The van der Waals surface area contributed by atoms with Gasteiger partial charge in [0, 0.05) is 11.2 Å². The van der Waals surface area contributed by atoms with Crippen molar-refractivity contribution in [2.45, 2.75) is 18.2 Å². The molecule has 0 bridgehead atoms. The average molecular weight is 283 g/mol. The van der Waals surface area contributed by atoms with Crippen LogP contribution < -0.4 is 0 Å². The predicted octanol–water partition coefficient (Wildman–Crippen LogP) is 3.53. The third-order valence-electron chi connectivity index (χ3n) is 2.08. The molecule has 0 amide bonds. The van der Waals surface area contributed by atoms with Gasteiger partial charge in [0.2, 0.25) is 0 Å². The Balaban J connectivity index is 2.07. The van der Waals surface area contributed by atoms with Crippen LogP contribution in [0.4, 0.5) is 0 Å². The molecule has 1 atom stereocenters. The lowest BCUT2D eigenvalue weighted by Crippen LogP contribution is -1.94. The van der Waals surface area contributed by atoms with E-state index in [1.165, 1.54) is 17.1 Å². The van der Waals surface area contributed by atoms with Gasteiger partial charge in [-0.2, -0.15) is 4.37 Å². The Bertz CT molecular complexity index is 427. The van der Waals surface area contributed by atoms with E-state index in [-0.39, 0.29) is 0 Å². The fraction of sp³-hybridized carbons (Fsp3) is 0.273. The third-order valence-corrected chi connectivity index (χ3v) is 3.76. The first-order valence-electron chi connectivity index (χ1n) is 4.74. The number of halogens is 1. The van der Waals surface area contributed by atoms with Crippen LogP contribution in [0.15, 0.2) is 30.3 Å². The van der Waals surface area contributed by atoms with Crippen molar-refractivity contribution in [3.63, 3.8) is 0 Å². The minimum atomic E-state index is 0.325. The van der Waals surface area contributed by atoms with E-state index in [9.17, 15) is 0 Å². The molecule has 1 aromatic heterocycles. The van der Waals surface area contributed by atoms with Crippen molar-refractivity contribution in [3.05, 3.63) is 46.7 Å². The van der Waals surface area contributed by atoms with Crippen LogP contribution in [0.3, 0.4) is 0 Å². The Kier molecular flexibility index (Phi) is 3.49. The largest absolute Gasteiger partial charge is 0.225 e. The van der Waals surface area contributed by atoms with Crippen LogP contribution in [0.5, 0.6) is 0 Å². The van der Waals surface area contributed by atoms with E-state index >= 15 is 0 Å². The van der Waals surface area contributed by atoms with E-state index < -0.39 is 0 Å². The summed E-state index contributed by atoms with van der Waals surface area (Å²) in [7, 11) is 0. The molecule has 4 heteroatoms. The van der Waals surface area contributed by atoms with Crippen molar-refractivity contribution in [2.24, 2.45) is 0 Å². The molecule has 0 radical (unpaired) electrons. The van der Waals surface area contributed by atoms with Crippen molar-refractivity contribution < 1.29 is 0 Å². The SMILES string of the molecule is Cc1nsc(CC(Br)c2ccccc2)n1. The molecule has 0 spiro atoms. The molecule has 1 heterocycles. The molecule has 0 aliphatic heterocycles. The quantitative estimate of drug-likeness (QED) is 0.805. The number of aryl methyl sites for hydroxylation is 1. The summed E-state index contributed by atoms with van der Waals surface area (Å²) in [6.07, 6.45) is 0.898. The Morgan fingerprint density at radius 1 is 1.33 bits per heavy atom. The predicted molar refractivity (Wildman–Crippen MR) is 66.5 cm³/mol. The molecule has 78 valence electrons. The van der Waals surface area contributed by atoms with E-state index in [4.69, 9.17) is 0 Å². The summed E-state index contributed by atoms with van der Waals surface area (Å²) in [5, 5.41) is 1.08. The van der Waals surface area contributed by atoms with Crippen molar-refractivity contribution in [3.8, 4) is 0 Å². The Morgan fingerprint density at radius 3 is 2.67 bits per heavy atom. The first-order chi connectivity index (χ1) is 7.25. The van der Waals surface area contributed by atoms with E-state index in [0.29, 0.717) is 4.83 Å². The van der Waals surface area contributed by atoms with E-state index in [0.717, 1.165) is 17.3 Å². The molecule has 0 saturated carbocycles. The van der Waals surface area contributed by atoms with E-state index in [1.54, 1.807) is 0 Å². The Labute approximate surface area is 102 Å². The van der Waals surface area contributed by atoms with Crippen molar-refractivity contribution >= 4 is 27.5 Å². The molecule has 0 fully saturated rings. The van der Waals surface area contributed by atoms with Crippen LogP contribution in [0.25, 0.3) is 0 Å². The fourth-order valence-corrected chi connectivity index (χ4v) is 2.87. The summed E-state index contributed by atoms with van der Waals surface area (Å²) in [6, 6.07) is 10.4. The maximum Gasteiger partial charge on any atom is 0.139 e. The number of aromatic nitrogens is 2. The third kappa shape index (κ3) is 2.86. The van der Waals surface area contributed by atoms with Crippen LogP contribution in [0.2, 0.25) is 0 Å². The Morgan fingerprint density at radius 2 is 2.07 bits per heavy atom. The molecule has 2 nitrogen and oxygen atoms in total. The summed E-state index contributed by atoms with van der Waals surface area (Å²) in [6.45, 7) is 1.92. The van der Waals surface area contributed by atoms with Crippen molar-refractivity contribution in [1.29, 1.82) is 0 Å². The number of rotatable bonds is 3. The molecular weight excluding hydrogens is 272 g/mol. The van der Waals surface area contributed by atoms with Gasteiger partial charge in [-0.1, -0.05) is 46.3 Å². The summed E-state index contributed by atoms with van der Waals surface area (Å²) < 4.78 is 4.17. The lowest BCUT2D eigenvalue weighted by atomic mass is 10.1. The van der Waals surface area contributed by atoms with E-state index in [2.05, 4.69) is 49.6 Å². The molecule has 2 rings (SSSR count). The zero-order valence-electron chi connectivity index (χ0n) is 8.35. The van der Waals surface area contributed by atoms with Gasteiger partial charge in [0.25, 0.3) is 0 Å². The number of benzene rings is 1. The molecule has 0 aliphatic carbocycles. The first kappa shape index (κ1) is 10.8. The molecule has 0 aliphatic rings. The molecular formula is C11H11BrN2S. The molecule has 2 aromatic rings. The first-order valence-corrected chi connectivity index (χ1v) is 6.43. The molecule has 0 saturated heterocycles. The molecule has 15 heavy (non-hydrogen) atoms. The minimum absolute atomic E-state index is 0.325. The second-order valence-corrected chi connectivity index (χ2v) is 5.26. The summed E-state index contributed by atoms with van der Waals surface area (Å²) in [5.41, 5.74) is 1.28. The van der Waals surface area contributed by atoms with E-state index in [1.807, 2.05) is 13.0 Å². The van der Waals surface area contributed by atoms with Gasteiger partial charge in [-0.3, -0.25) is 0 Å². The van der Waals surface area contributed by atoms with Gasteiger partial charge >= 0.3 is 0 Å². The number of hydrogen-bond acceptors (Lipinski definition) is 3. The molecule has 1 unspecified atom stereocenters. The number of alkyl halides is 1. The van der Waals surface area contributed by atoms with Gasteiger partial charge in [0.05, 0.1) is 0 Å². The number of nitrogens with zero attached hydrogens (tertiary/aromatic N) is 2. The highest BCUT2D eigenvalue weighted by Crippen LogP contribution is 2.27. The van der Waals surface area contributed by atoms with Crippen molar-refractivity contribution in [1.82, 2.24) is 9.36 Å². The van der Waals surface area contributed by atoms with Crippen LogP contribution in [-0.2, 0) is 6.42 Å². The summed E-state index contributed by atoms with van der Waals surface area (Å²) in [5.74, 6) is 0.864. The van der Waals surface area contributed by atoms with Gasteiger partial charge in [-0.05, 0) is 24.0 Å². The summed E-state index contributed by atoms with van der Waals surface area (Å²) >= 11 is 5.15.